The molecule has 0 bridgehead atoms. The zero-order valence-electron chi connectivity index (χ0n) is 13.6. The summed E-state index contributed by atoms with van der Waals surface area (Å²) in [5, 5.41) is 0. The minimum atomic E-state index is -3.32. The highest BCUT2D eigenvalue weighted by Gasteiger charge is 2.24. The Labute approximate surface area is 129 Å². The number of aryl methyl sites for hydroxylation is 1. The van der Waals surface area contributed by atoms with E-state index in [0.29, 0.717) is 25.9 Å². The van der Waals surface area contributed by atoms with Crippen LogP contribution in [-0.2, 0) is 10.0 Å². The number of nitrogens with zero attached hydrogens (tertiary/aromatic N) is 1. The Bertz CT molecular complexity index is 548. The average molecular weight is 312 g/mol. The summed E-state index contributed by atoms with van der Waals surface area (Å²) in [5.41, 5.74) is 7.33. The summed E-state index contributed by atoms with van der Waals surface area (Å²) < 4.78 is 26.9. The maximum Gasteiger partial charge on any atom is 0.235 e. The topological polar surface area (TPSA) is 63.4 Å². The van der Waals surface area contributed by atoms with Crippen molar-refractivity contribution in [1.82, 2.24) is 0 Å². The molecule has 21 heavy (non-hydrogen) atoms. The molecule has 1 aromatic carbocycles. The van der Waals surface area contributed by atoms with Gasteiger partial charge in [-0.3, -0.25) is 4.31 Å². The minimum Gasteiger partial charge on any atom is -0.330 e. The van der Waals surface area contributed by atoms with Gasteiger partial charge in [0.2, 0.25) is 10.0 Å². The lowest BCUT2D eigenvalue weighted by Crippen LogP contribution is -2.35. The van der Waals surface area contributed by atoms with E-state index in [2.05, 4.69) is 20.8 Å². The fourth-order valence-corrected chi connectivity index (χ4v) is 3.92. The summed E-state index contributed by atoms with van der Waals surface area (Å²) in [6, 6.07) is 7.61. The molecule has 4 nitrogen and oxygen atoms in total. The summed E-state index contributed by atoms with van der Waals surface area (Å²) in [6.45, 7) is 9.05. The van der Waals surface area contributed by atoms with Gasteiger partial charge in [0.15, 0.2) is 0 Å². The first-order valence-corrected chi connectivity index (χ1v) is 9.04. The van der Waals surface area contributed by atoms with E-state index in [4.69, 9.17) is 5.73 Å². The molecule has 0 aliphatic carbocycles. The monoisotopic (exact) mass is 312 g/mol. The lowest BCUT2D eigenvalue weighted by molar-refractivity contribution is 0.397. The van der Waals surface area contributed by atoms with Crippen molar-refractivity contribution < 1.29 is 8.42 Å². The summed E-state index contributed by atoms with van der Waals surface area (Å²) >= 11 is 0. The highest BCUT2D eigenvalue weighted by molar-refractivity contribution is 7.92. The molecule has 0 heterocycles. The van der Waals surface area contributed by atoms with Crippen LogP contribution in [0.2, 0.25) is 0 Å². The van der Waals surface area contributed by atoms with Crippen molar-refractivity contribution >= 4 is 15.7 Å². The van der Waals surface area contributed by atoms with E-state index < -0.39 is 10.0 Å². The Morgan fingerprint density at radius 2 is 1.90 bits per heavy atom. The first-order chi connectivity index (χ1) is 9.65. The van der Waals surface area contributed by atoms with Gasteiger partial charge >= 0.3 is 0 Å². The molecule has 5 heteroatoms. The van der Waals surface area contributed by atoms with E-state index in [0.717, 1.165) is 11.3 Å². The van der Waals surface area contributed by atoms with Gasteiger partial charge in [0, 0.05) is 6.54 Å². The Balaban J connectivity index is 3.01. The second-order valence-electron chi connectivity index (χ2n) is 6.68. The van der Waals surface area contributed by atoms with E-state index in [-0.39, 0.29) is 11.2 Å². The van der Waals surface area contributed by atoms with E-state index in [1.807, 2.05) is 31.2 Å². The van der Waals surface area contributed by atoms with Crippen LogP contribution in [0.15, 0.2) is 24.3 Å². The summed E-state index contributed by atoms with van der Waals surface area (Å²) in [4.78, 5) is 0. The number of sulfonamides is 1. The summed E-state index contributed by atoms with van der Waals surface area (Å²) in [7, 11) is -3.32. The lowest BCUT2D eigenvalue weighted by Gasteiger charge is -2.27. The first-order valence-electron chi connectivity index (χ1n) is 7.43. The fourth-order valence-electron chi connectivity index (χ4n) is 1.99. The molecule has 120 valence electrons. The second-order valence-corrected chi connectivity index (χ2v) is 8.69. The average Bonchev–Trinajstić information content (AvgIpc) is 2.36. The van der Waals surface area contributed by atoms with Crippen molar-refractivity contribution in [2.75, 3.05) is 23.1 Å². The van der Waals surface area contributed by atoms with Crippen LogP contribution < -0.4 is 10.0 Å². The number of anilines is 1. The van der Waals surface area contributed by atoms with Crippen molar-refractivity contribution in [2.45, 2.75) is 40.5 Å². The molecule has 0 aromatic heterocycles. The van der Waals surface area contributed by atoms with Crippen molar-refractivity contribution in [3.63, 3.8) is 0 Å². The zero-order valence-corrected chi connectivity index (χ0v) is 14.4. The molecule has 1 rings (SSSR count). The maximum absolute atomic E-state index is 12.7. The first kappa shape index (κ1) is 18.0. The molecule has 0 saturated carbocycles. The number of benzene rings is 1. The maximum atomic E-state index is 12.7. The van der Waals surface area contributed by atoms with Gasteiger partial charge in [0.1, 0.15) is 0 Å². The van der Waals surface area contributed by atoms with Crippen LogP contribution >= 0.6 is 0 Å². The Kier molecular flexibility index (Phi) is 6.23. The van der Waals surface area contributed by atoms with Crippen molar-refractivity contribution in [3.8, 4) is 0 Å². The van der Waals surface area contributed by atoms with Crippen molar-refractivity contribution in [1.29, 1.82) is 0 Å². The third-order valence-electron chi connectivity index (χ3n) is 3.30. The van der Waals surface area contributed by atoms with Crippen LogP contribution in [0.1, 0.15) is 39.2 Å². The quantitative estimate of drug-likeness (QED) is 0.842. The zero-order chi connectivity index (χ0) is 16.1. The van der Waals surface area contributed by atoms with Crippen LogP contribution in [-0.4, -0.2) is 27.3 Å². The molecule has 0 unspecified atom stereocenters. The molecule has 0 fully saturated rings. The van der Waals surface area contributed by atoms with Gasteiger partial charge in [0.05, 0.1) is 11.4 Å². The number of rotatable bonds is 7. The predicted molar refractivity (Wildman–Crippen MR) is 90.1 cm³/mol. The summed E-state index contributed by atoms with van der Waals surface area (Å²) in [5.74, 6) is 0.162. The normalized spacial score (nSPS) is 12.4. The largest absolute Gasteiger partial charge is 0.330 e. The summed E-state index contributed by atoms with van der Waals surface area (Å²) in [6.07, 6.45) is 1.29. The van der Waals surface area contributed by atoms with Crippen LogP contribution in [0.5, 0.6) is 0 Å². The van der Waals surface area contributed by atoms with Crippen LogP contribution in [0.25, 0.3) is 0 Å². The predicted octanol–water partition coefficient (Wildman–Crippen LogP) is 2.92. The molecule has 2 N–H and O–H groups in total. The van der Waals surface area contributed by atoms with E-state index in [1.165, 1.54) is 4.31 Å². The molecule has 0 aliphatic heterocycles. The SMILES string of the molecule is Cc1cccc(N(CCCN)S(=O)(=O)CCC(C)(C)C)c1. The highest BCUT2D eigenvalue weighted by atomic mass is 32.2. The van der Waals surface area contributed by atoms with Gasteiger partial charge in [-0.1, -0.05) is 32.9 Å². The molecular formula is C16H28N2O2S. The Morgan fingerprint density at radius 1 is 1.24 bits per heavy atom. The molecule has 0 radical (unpaired) electrons. The third kappa shape index (κ3) is 6.06. The van der Waals surface area contributed by atoms with E-state index >= 15 is 0 Å². The molecule has 0 atom stereocenters. The van der Waals surface area contributed by atoms with Gasteiger partial charge in [-0.25, -0.2) is 8.42 Å². The lowest BCUT2D eigenvalue weighted by atomic mass is 9.94. The molecular weight excluding hydrogens is 284 g/mol. The number of hydrogen-bond acceptors (Lipinski definition) is 3. The smallest absolute Gasteiger partial charge is 0.235 e. The van der Waals surface area contributed by atoms with Gasteiger partial charge < -0.3 is 5.73 Å². The van der Waals surface area contributed by atoms with Crippen LogP contribution in [0.3, 0.4) is 0 Å². The fraction of sp³-hybridized carbons (Fsp3) is 0.625. The molecule has 0 saturated heterocycles. The van der Waals surface area contributed by atoms with Crippen molar-refractivity contribution in [3.05, 3.63) is 29.8 Å². The van der Waals surface area contributed by atoms with Gasteiger partial charge in [-0.15, -0.1) is 0 Å². The van der Waals surface area contributed by atoms with Gasteiger partial charge in [-0.2, -0.15) is 0 Å². The minimum absolute atomic E-state index is 0.000782. The van der Waals surface area contributed by atoms with Gasteiger partial charge in [0.25, 0.3) is 0 Å². The standard InChI is InChI=1S/C16H28N2O2S/c1-14-7-5-8-15(13-14)18(11-6-10-17)21(19,20)12-9-16(2,3)4/h5,7-8,13H,6,9-12,17H2,1-4H3. The van der Waals surface area contributed by atoms with Gasteiger partial charge in [-0.05, 0) is 49.4 Å². The molecule has 0 aliphatic rings. The number of hydrogen-bond donors (Lipinski definition) is 1. The third-order valence-corrected chi connectivity index (χ3v) is 5.09. The van der Waals surface area contributed by atoms with Crippen LogP contribution in [0, 0.1) is 12.3 Å². The molecule has 0 amide bonds. The number of nitrogens with two attached hydrogens (primary N) is 1. The Hall–Kier alpha value is -1.07. The second kappa shape index (κ2) is 7.27. The van der Waals surface area contributed by atoms with Crippen LogP contribution in [0.4, 0.5) is 5.69 Å². The Morgan fingerprint density at radius 3 is 2.43 bits per heavy atom. The molecule has 0 spiro atoms. The highest BCUT2D eigenvalue weighted by Crippen LogP contribution is 2.24. The van der Waals surface area contributed by atoms with E-state index in [9.17, 15) is 8.42 Å². The molecule has 1 aromatic rings. The van der Waals surface area contributed by atoms with Crippen molar-refractivity contribution in [2.24, 2.45) is 11.1 Å². The van der Waals surface area contributed by atoms with E-state index in [1.54, 1.807) is 0 Å².